The van der Waals surface area contributed by atoms with Gasteiger partial charge in [-0.1, -0.05) is 18.2 Å². The molecule has 0 aliphatic heterocycles. The van der Waals surface area contributed by atoms with Crippen LogP contribution >= 0.6 is 0 Å². The first-order valence-corrected chi connectivity index (χ1v) is 7.06. The third-order valence-electron chi connectivity index (χ3n) is 3.17. The van der Waals surface area contributed by atoms with Crippen LogP contribution in [0.2, 0.25) is 0 Å². The summed E-state index contributed by atoms with van der Waals surface area (Å²) in [7, 11) is 1.59. The standard InChI is InChI=1S/C17H17F2NO3/c1-22-16-5-3-2-4-12(16)8-9-20-17(21)11-23-13-6-7-14(18)15(19)10-13/h2-7,10H,8-9,11H2,1H3,(H,20,21). The molecule has 0 aromatic heterocycles. The highest BCUT2D eigenvalue weighted by molar-refractivity contribution is 5.77. The van der Waals surface area contributed by atoms with Gasteiger partial charge in [0.1, 0.15) is 11.5 Å². The second-order valence-electron chi connectivity index (χ2n) is 4.78. The Balaban J connectivity index is 1.76. The van der Waals surface area contributed by atoms with E-state index in [4.69, 9.17) is 9.47 Å². The van der Waals surface area contributed by atoms with Crippen molar-refractivity contribution in [3.63, 3.8) is 0 Å². The van der Waals surface area contributed by atoms with E-state index in [2.05, 4.69) is 5.32 Å². The summed E-state index contributed by atoms with van der Waals surface area (Å²) in [5.41, 5.74) is 0.983. The molecular weight excluding hydrogens is 304 g/mol. The second-order valence-corrected chi connectivity index (χ2v) is 4.78. The first kappa shape index (κ1) is 16.7. The normalized spacial score (nSPS) is 10.2. The summed E-state index contributed by atoms with van der Waals surface area (Å²) in [6, 6.07) is 10.6. The maximum atomic E-state index is 13.0. The van der Waals surface area contributed by atoms with Crippen LogP contribution in [0.1, 0.15) is 5.56 Å². The van der Waals surface area contributed by atoms with Gasteiger partial charge in [0.25, 0.3) is 5.91 Å². The summed E-state index contributed by atoms with van der Waals surface area (Å²) in [6.45, 7) is 0.150. The Morgan fingerprint density at radius 1 is 1.13 bits per heavy atom. The third kappa shape index (κ3) is 4.95. The molecule has 2 aromatic rings. The molecular formula is C17H17F2NO3. The van der Waals surface area contributed by atoms with Gasteiger partial charge in [-0.25, -0.2) is 8.78 Å². The Morgan fingerprint density at radius 2 is 1.91 bits per heavy atom. The molecule has 122 valence electrons. The number of hydrogen-bond acceptors (Lipinski definition) is 3. The lowest BCUT2D eigenvalue weighted by molar-refractivity contribution is -0.123. The van der Waals surface area contributed by atoms with E-state index in [0.717, 1.165) is 23.4 Å². The molecule has 0 bridgehead atoms. The van der Waals surface area contributed by atoms with E-state index in [0.29, 0.717) is 13.0 Å². The van der Waals surface area contributed by atoms with Gasteiger partial charge < -0.3 is 14.8 Å². The summed E-state index contributed by atoms with van der Waals surface area (Å²) in [4.78, 5) is 11.7. The molecule has 0 heterocycles. The second kappa shape index (κ2) is 8.12. The zero-order valence-electron chi connectivity index (χ0n) is 12.6. The van der Waals surface area contributed by atoms with Crippen LogP contribution in [0.5, 0.6) is 11.5 Å². The number of carbonyl (C=O) groups is 1. The molecule has 1 amide bonds. The molecule has 4 nitrogen and oxygen atoms in total. The molecule has 0 atom stereocenters. The SMILES string of the molecule is COc1ccccc1CCNC(=O)COc1ccc(F)c(F)c1. The number of benzene rings is 2. The number of halogens is 2. The van der Waals surface area contributed by atoms with Crippen molar-refractivity contribution >= 4 is 5.91 Å². The van der Waals surface area contributed by atoms with Gasteiger partial charge >= 0.3 is 0 Å². The minimum absolute atomic E-state index is 0.101. The van der Waals surface area contributed by atoms with Crippen LogP contribution in [-0.2, 0) is 11.2 Å². The highest BCUT2D eigenvalue weighted by Crippen LogP contribution is 2.17. The van der Waals surface area contributed by atoms with Crippen LogP contribution in [0.15, 0.2) is 42.5 Å². The lowest BCUT2D eigenvalue weighted by atomic mass is 10.1. The smallest absolute Gasteiger partial charge is 0.257 e. The van der Waals surface area contributed by atoms with Crippen molar-refractivity contribution < 1.29 is 23.0 Å². The van der Waals surface area contributed by atoms with Crippen molar-refractivity contribution in [1.29, 1.82) is 0 Å². The van der Waals surface area contributed by atoms with Gasteiger partial charge in [0, 0.05) is 12.6 Å². The van der Waals surface area contributed by atoms with Crippen LogP contribution in [0, 0.1) is 11.6 Å². The zero-order valence-corrected chi connectivity index (χ0v) is 12.6. The summed E-state index contributed by atoms with van der Waals surface area (Å²) in [6.07, 6.45) is 0.612. The third-order valence-corrected chi connectivity index (χ3v) is 3.17. The monoisotopic (exact) mass is 321 g/mol. The van der Waals surface area contributed by atoms with Gasteiger partial charge in [0.15, 0.2) is 18.2 Å². The van der Waals surface area contributed by atoms with E-state index >= 15 is 0 Å². The van der Waals surface area contributed by atoms with Crippen molar-refractivity contribution in [2.75, 3.05) is 20.3 Å². The molecule has 0 unspecified atom stereocenters. The summed E-state index contributed by atoms with van der Waals surface area (Å²) < 4.78 is 36.1. The van der Waals surface area contributed by atoms with E-state index in [-0.39, 0.29) is 18.3 Å². The molecule has 2 rings (SSSR count). The lowest BCUT2D eigenvalue weighted by Crippen LogP contribution is -2.30. The number of nitrogens with one attached hydrogen (secondary N) is 1. The van der Waals surface area contributed by atoms with Crippen LogP contribution in [0.25, 0.3) is 0 Å². The summed E-state index contributed by atoms with van der Waals surface area (Å²) >= 11 is 0. The van der Waals surface area contributed by atoms with Crippen molar-refractivity contribution in [1.82, 2.24) is 5.32 Å². The molecule has 23 heavy (non-hydrogen) atoms. The van der Waals surface area contributed by atoms with Gasteiger partial charge in [-0.15, -0.1) is 0 Å². The Morgan fingerprint density at radius 3 is 2.65 bits per heavy atom. The maximum absolute atomic E-state index is 13.0. The number of carbonyl (C=O) groups excluding carboxylic acids is 1. The van der Waals surface area contributed by atoms with Crippen LogP contribution < -0.4 is 14.8 Å². The minimum atomic E-state index is -1.01. The van der Waals surface area contributed by atoms with Gasteiger partial charge in [-0.3, -0.25) is 4.79 Å². The van der Waals surface area contributed by atoms with Gasteiger partial charge in [-0.05, 0) is 30.2 Å². The summed E-state index contributed by atoms with van der Waals surface area (Å²) in [5, 5.41) is 2.69. The number of rotatable bonds is 7. The quantitative estimate of drug-likeness (QED) is 0.853. The molecule has 0 fully saturated rings. The van der Waals surface area contributed by atoms with E-state index in [1.54, 1.807) is 7.11 Å². The van der Waals surface area contributed by atoms with E-state index in [1.165, 1.54) is 6.07 Å². The highest BCUT2D eigenvalue weighted by atomic mass is 19.2. The number of methoxy groups -OCH3 is 1. The Hall–Kier alpha value is -2.63. The highest BCUT2D eigenvalue weighted by Gasteiger charge is 2.07. The average Bonchev–Trinajstić information content (AvgIpc) is 2.56. The van der Waals surface area contributed by atoms with Crippen LogP contribution in [0.3, 0.4) is 0 Å². The van der Waals surface area contributed by atoms with Gasteiger partial charge in [0.05, 0.1) is 7.11 Å². The predicted molar refractivity (Wildman–Crippen MR) is 81.6 cm³/mol. The Labute approximate surface area is 133 Å². The zero-order chi connectivity index (χ0) is 16.7. The molecule has 0 radical (unpaired) electrons. The van der Waals surface area contributed by atoms with Crippen molar-refractivity contribution in [2.24, 2.45) is 0 Å². The Kier molecular flexibility index (Phi) is 5.91. The largest absolute Gasteiger partial charge is 0.496 e. The minimum Gasteiger partial charge on any atom is -0.496 e. The van der Waals surface area contributed by atoms with Crippen molar-refractivity contribution in [3.8, 4) is 11.5 Å². The molecule has 0 saturated heterocycles. The van der Waals surface area contributed by atoms with E-state index in [1.807, 2.05) is 24.3 Å². The van der Waals surface area contributed by atoms with E-state index < -0.39 is 11.6 Å². The topological polar surface area (TPSA) is 47.6 Å². The van der Waals surface area contributed by atoms with Crippen molar-refractivity contribution in [3.05, 3.63) is 59.7 Å². The molecule has 0 aliphatic carbocycles. The Bertz CT molecular complexity index is 677. The molecule has 0 aliphatic rings. The number of amides is 1. The predicted octanol–water partition coefficient (Wildman–Crippen LogP) is 2.71. The van der Waals surface area contributed by atoms with Gasteiger partial charge in [-0.2, -0.15) is 0 Å². The number of ether oxygens (including phenoxy) is 2. The molecule has 6 heteroatoms. The number of para-hydroxylation sites is 1. The first-order valence-electron chi connectivity index (χ1n) is 7.06. The van der Waals surface area contributed by atoms with Crippen LogP contribution in [-0.4, -0.2) is 26.2 Å². The fourth-order valence-electron chi connectivity index (χ4n) is 2.01. The molecule has 0 spiro atoms. The van der Waals surface area contributed by atoms with Gasteiger partial charge in [0.2, 0.25) is 0 Å². The van der Waals surface area contributed by atoms with Crippen molar-refractivity contribution in [2.45, 2.75) is 6.42 Å². The fraction of sp³-hybridized carbons (Fsp3) is 0.235. The maximum Gasteiger partial charge on any atom is 0.257 e. The average molecular weight is 321 g/mol. The first-order chi connectivity index (χ1) is 11.1. The number of hydrogen-bond donors (Lipinski definition) is 1. The fourth-order valence-corrected chi connectivity index (χ4v) is 2.01. The van der Waals surface area contributed by atoms with Crippen LogP contribution in [0.4, 0.5) is 8.78 Å². The van der Waals surface area contributed by atoms with E-state index in [9.17, 15) is 13.6 Å². The molecule has 2 aromatic carbocycles. The molecule has 1 N–H and O–H groups in total. The lowest BCUT2D eigenvalue weighted by Gasteiger charge is -2.10. The molecule has 0 saturated carbocycles. The summed E-state index contributed by atoms with van der Waals surface area (Å²) in [5.74, 6) is -1.45.